The highest BCUT2D eigenvalue weighted by Crippen LogP contribution is 2.39. The lowest BCUT2D eigenvalue weighted by molar-refractivity contribution is 0.409. The minimum absolute atomic E-state index is 0.382. The monoisotopic (exact) mass is 364 g/mol. The van der Waals surface area contributed by atoms with Crippen molar-refractivity contribution in [3.8, 4) is 5.75 Å². The molecule has 0 saturated heterocycles. The molecule has 0 saturated carbocycles. The van der Waals surface area contributed by atoms with Gasteiger partial charge in [0, 0.05) is 27.7 Å². The first kappa shape index (κ1) is 15.2. The Balaban J connectivity index is 2.57. The molecule has 0 amide bonds. The molecule has 2 aromatic rings. The molecule has 0 aliphatic heterocycles. The normalized spacial score (nSPS) is 12.3. The first-order valence-electron chi connectivity index (χ1n) is 5.56. The van der Waals surface area contributed by atoms with Crippen LogP contribution >= 0.6 is 27.5 Å². The van der Waals surface area contributed by atoms with Crippen molar-refractivity contribution in [3.05, 3.63) is 63.4 Å². The van der Waals surface area contributed by atoms with Crippen LogP contribution in [0.5, 0.6) is 5.75 Å². The van der Waals surface area contributed by atoms with Gasteiger partial charge in [0.1, 0.15) is 23.2 Å². The van der Waals surface area contributed by atoms with Gasteiger partial charge in [-0.15, -0.1) is 11.6 Å². The standard InChI is InChI=1S/C14H9BrClF3O/c1-20-12-3-2-7(15)4-9(12)14(16)13-10(18)5-8(17)6-11(13)19/h2-6,14H,1H3. The molecular weight excluding hydrogens is 357 g/mol. The van der Waals surface area contributed by atoms with Gasteiger partial charge in [-0.1, -0.05) is 15.9 Å². The average Bonchev–Trinajstić information content (AvgIpc) is 2.37. The molecule has 6 heteroatoms. The molecule has 2 rings (SSSR count). The molecule has 0 fully saturated rings. The highest BCUT2D eigenvalue weighted by molar-refractivity contribution is 9.10. The summed E-state index contributed by atoms with van der Waals surface area (Å²) in [7, 11) is 1.42. The van der Waals surface area contributed by atoms with E-state index in [2.05, 4.69) is 15.9 Å². The van der Waals surface area contributed by atoms with Crippen LogP contribution in [-0.2, 0) is 0 Å². The van der Waals surface area contributed by atoms with E-state index < -0.39 is 28.4 Å². The number of rotatable bonds is 3. The third-order valence-corrected chi connectivity index (χ3v) is 3.71. The zero-order valence-corrected chi connectivity index (χ0v) is 12.6. The summed E-state index contributed by atoms with van der Waals surface area (Å²) < 4.78 is 46.3. The fourth-order valence-corrected chi connectivity index (χ4v) is 2.61. The second-order valence-electron chi connectivity index (χ2n) is 4.03. The fourth-order valence-electron chi connectivity index (χ4n) is 1.85. The molecule has 0 bridgehead atoms. The minimum Gasteiger partial charge on any atom is -0.496 e. The van der Waals surface area contributed by atoms with E-state index in [0.717, 1.165) is 0 Å². The maximum atomic E-state index is 13.8. The quantitative estimate of drug-likeness (QED) is 0.679. The molecule has 2 aromatic carbocycles. The lowest BCUT2D eigenvalue weighted by atomic mass is 10.0. The van der Waals surface area contributed by atoms with Crippen LogP contribution in [-0.4, -0.2) is 7.11 Å². The Kier molecular flexibility index (Phi) is 4.60. The molecule has 1 unspecified atom stereocenters. The molecule has 0 radical (unpaired) electrons. The van der Waals surface area contributed by atoms with Crippen LogP contribution in [0.25, 0.3) is 0 Å². The van der Waals surface area contributed by atoms with Crippen LogP contribution in [0.4, 0.5) is 13.2 Å². The second-order valence-corrected chi connectivity index (χ2v) is 5.38. The smallest absolute Gasteiger partial charge is 0.134 e. The van der Waals surface area contributed by atoms with Crippen LogP contribution in [0.1, 0.15) is 16.5 Å². The summed E-state index contributed by atoms with van der Waals surface area (Å²) >= 11 is 9.40. The summed E-state index contributed by atoms with van der Waals surface area (Å²) in [6, 6.07) is 6.12. The van der Waals surface area contributed by atoms with Crippen LogP contribution < -0.4 is 4.74 Å². The highest BCUT2D eigenvalue weighted by Gasteiger charge is 2.24. The van der Waals surface area contributed by atoms with E-state index in [9.17, 15) is 13.2 Å². The summed E-state index contributed by atoms with van der Waals surface area (Å²) in [4.78, 5) is 0. The number of benzene rings is 2. The Morgan fingerprint density at radius 1 is 1.10 bits per heavy atom. The number of hydrogen-bond acceptors (Lipinski definition) is 1. The van der Waals surface area contributed by atoms with E-state index in [4.69, 9.17) is 16.3 Å². The van der Waals surface area contributed by atoms with E-state index in [0.29, 0.717) is 27.9 Å². The minimum atomic E-state index is -1.14. The molecule has 0 N–H and O–H groups in total. The number of methoxy groups -OCH3 is 1. The van der Waals surface area contributed by atoms with Gasteiger partial charge in [-0.25, -0.2) is 13.2 Å². The predicted octanol–water partition coefficient (Wildman–Crippen LogP) is 5.20. The highest BCUT2D eigenvalue weighted by atomic mass is 79.9. The first-order chi connectivity index (χ1) is 9.43. The molecule has 0 spiro atoms. The maximum absolute atomic E-state index is 13.8. The lowest BCUT2D eigenvalue weighted by Crippen LogP contribution is -2.04. The van der Waals surface area contributed by atoms with Crippen molar-refractivity contribution in [1.82, 2.24) is 0 Å². The molecule has 0 aromatic heterocycles. The maximum Gasteiger partial charge on any atom is 0.134 e. The van der Waals surface area contributed by atoms with E-state index in [1.807, 2.05) is 0 Å². The zero-order chi connectivity index (χ0) is 14.9. The zero-order valence-electron chi connectivity index (χ0n) is 10.3. The van der Waals surface area contributed by atoms with E-state index in [1.54, 1.807) is 18.2 Å². The van der Waals surface area contributed by atoms with Crippen molar-refractivity contribution in [3.63, 3.8) is 0 Å². The van der Waals surface area contributed by atoms with Gasteiger partial charge in [-0.3, -0.25) is 0 Å². The molecule has 1 atom stereocenters. The van der Waals surface area contributed by atoms with Gasteiger partial charge in [0.05, 0.1) is 12.5 Å². The molecule has 20 heavy (non-hydrogen) atoms. The van der Waals surface area contributed by atoms with Crippen LogP contribution in [0.15, 0.2) is 34.8 Å². The third kappa shape index (κ3) is 2.94. The van der Waals surface area contributed by atoms with Gasteiger partial charge < -0.3 is 4.74 Å². The molecule has 0 aliphatic rings. The van der Waals surface area contributed by atoms with Gasteiger partial charge in [0.15, 0.2) is 0 Å². The van der Waals surface area contributed by atoms with Gasteiger partial charge >= 0.3 is 0 Å². The van der Waals surface area contributed by atoms with Crippen molar-refractivity contribution in [1.29, 1.82) is 0 Å². The van der Waals surface area contributed by atoms with E-state index in [-0.39, 0.29) is 0 Å². The topological polar surface area (TPSA) is 9.23 Å². The summed E-state index contributed by atoms with van der Waals surface area (Å²) in [6.45, 7) is 0. The Morgan fingerprint density at radius 2 is 1.70 bits per heavy atom. The molecule has 106 valence electrons. The van der Waals surface area contributed by atoms with E-state index >= 15 is 0 Å². The van der Waals surface area contributed by atoms with Gasteiger partial charge in [0.2, 0.25) is 0 Å². The molecule has 0 heterocycles. The number of halogens is 5. The van der Waals surface area contributed by atoms with Crippen LogP contribution in [0.2, 0.25) is 0 Å². The van der Waals surface area contributed by atoms with Crippen molar-refractivity contribution in [2.45, 2.75) is 5.38 Å². The van der Waals surface area contributed by atoms with Crippen molar-refractivity contribution in [2.24, 2.45) is 0 Å². The van der Waals surface area contributed by atoms with Gasteiger partial charge in [-0.2, -0.15) is 0 Å². The van der Waals surface area contributed by atoms with Crippen molar-refractivity contribution < 1.29 is 17.9 Å². The first-order valence-corrected chi connectivity index (χ1v) is 6.79. The Labute approximate surface area is 127 Å². The Morgan fingerprint density at radius 3 is 2.25 bits per heavy atom. The fraction of sp³-hybridized carbons (Fsp3) is 0.143. The van der Waals surface area contributed by atoms with Crippen LogP contribution in [0, 0.1) is 17.5 Å². The summed E-state index contributed by atoms with van der Waals surface area (Å²) in [5.74, 6) is -2.68. The molecular formula is C14H9BrClF3O. The number of alkyl halides is 1. The predicted molar refractivity (Wildman–Crippen MR) is 74.7 cm³/mol. The summed E-state index contributed by atoms with van der Waals surface area (Å²) in [6.07, 6.45) is 0. The average molecular weight is 366 g/mol. The Hall–Kier alpha value is -1.20. The SMILES string of the molecule is COc1ccc(Br)cc1C(Cl)c1c(F)cc(F)cc1F. The van der Waals surface area contributed by atoms with Crippen molar-refractivity contribution >= 4 is 27.5 Å². The summed E-state index contributed by atoms with van der Waals surface area (Å²) in [5.41, 5.74) is -0.0302. The lowest BCUT2D eigenvalue weighted by Gasteiger charge is -2.16. The third-order valence-electron chi connectivity index (χ3n) is 2.76. The van der Waals surface area contributed by atoms with Gasteiger partial charge in [-0.05, 0) is 18.2 Å². The van der Waals surface area contributed by atoms with Crippen molar-refractivity contribution in [2.75, 3.05) is 7.11 Å². The second kappa shape index (κ2) is 6.06. The summed E-state index contributed by atoms with van der Waals surface area (Å²) in [5, 5.41) is -1.14. The number of hydrogen-bond donors (Lipinski definition) is 0. The Bertz CT molecular complexity index is 625. The van der Waals surface area contributed by atoms with E-state index in [1.165, 1.54) is 7.11 Å². The van der Waals surface area contributed by atoms with Gasteiger partial charge in [0.25, 0.3) is 0 Å². The van der Waals surface area contributed by atoms with Crippen LogP contribution in [0.3, 0.4) is 0 Å². The molecule has 0 aliphatic carbocycles. The largest absolute Gasteiger partial charge is 0.496 e. The number of ether oxygens (including phenoxy) is 1. The molecule has 1 nitrogen and oxygen atoms in total.